The number of nitrogens with one attached hydrogen (secondary N) is 1. The highest BCUT2D eigenvalue weighted by Crippen LogP contribution is 2.76. The second-order valence-electron chi connectivity index (χ2n) is 5.51. The van der Waals surface area contributed by atoms with Crippen molar-refractivity contribution in [3.8, 4) is 29.4 Å². The van der Waals surface area contributed by atoms with Gasteiger partial charge >= 0.3 is 0 Å². The largest absolute Gasteiger partial charge is 0.493 e. The van der Waals surface area contributed by atoms with Crippen LogP contribution in [0.4, 0.5) is 0 Å². The number of nitriles is 2. The fraction of sp³-hybridized carbons (Fsp3) is 0.375. The second kappa shape index (κ2) is 4.87. The Morgan fingerprint density at radius 1 is 0.958 bits per heavy atom. The molecule has 8 heteroatoms. The van der Waals surface area contributed by atoms with Gasteiger partial charge in [-0.2, -0.15) is 10.5 Å². The highest BCUT2D eigenvalue weighted by atomic mass is 16.5. The van der Waals surface area contributed by atoms with Crippen molar-refractivity contribution in [3.05, 3.63) is 17.7 Å². The van der Waals surface area contributed by atoms with Crippen LogP contribution in [0.15, 0.2) is 12.1 Å². The molecule has 1 saturated carbocycles. The third-order valence-corrected chi connectivity index (χ3v) is 4.72. The van der Waals surface area contributed by atoms with E-state index in [-0.39, 0.29) is 0 Å². The minimum atomic E-state index is -1.73. The number of hydrogen-bond acceptors (Lipinski definition) is 7. The van der Waals surface area contributed by atoms with E-state index in [9.17, 15) is 20.1 Å². The van der Waals surface area contributed by atoms with Crippen molar-refractivity contribution in [2.24, 2.45) is 10.8 Å². The lowest BCUT2D eigenvalue weighted by atomic mass is 9.98. The summed E-state index contributed by atoms with van der Waals surface area (Å²) in [6.07, 6.45) is 0. The lowest BCUT2D eigenvalue weighted by molar-refractivity contribution is -0.128. The van der Waals surface area contributed by atoms with Crippen LogP contribution in [0.25, 0.3) is 0 Å². The molecule has 0 radical (unpaired) electrons. The summed E-state index contributed by atoms with van der Waals surface area (Å²) in [6, 6.07) is 6.83. The van der Waals surface area contributed by atoms with Crippen molar-refractivity contribution in [3.63, 3.8) is 0 Å². The molecule has 2 unspecified atom stereocenters. The number of carbonyl (C=O) groups excluding carboxylic acids is 2. The summed E-state index contributed by atoms with van der Waals surface area (Å²) in [5.41, 5.74) is -3.04. The number of amides is 2. The van der Waals surface area contributed by atoms with Crippen molar-refractivity contribution in [1.29, 1.82) is 10.5 Å². The molecule has 2 fully saturated rings. The van der Waals surface area contributed by atoms with Crippen LogP contribution in [0.2, 0.25) is 0 Å². The SMILES string of the molecule is COc1cc(C2C3(C#N)C(=O)NC(=O)C23C#N)cc(OC)c1OC. The van der Waals surface area contributed by atoms with Gasteiger partial charge in [-0.3, -0.25) is 14.9 Å². The van der Waals surface area contributed by atoms with Crippen molar-refractivity contribution >= 4 is 11.8 Å². The predicted molar refractivity (Wildman–Crippen MR) is 78.1 cm³/mol. The van der Waals surface area contributed by atoms with Gasteiger partial charge in [0.05, 0.1) is 33.5 Å². The van der Waals surface area contributed by atoms with E-state index in [2.05, 4.69) is 5.32 Å². The lowest BCUT2D eigenvalue weighted by Crippen LogP contribution is -2.31. The number of benzene rings is 1. The third kappa shape index (κ3) is 1.45. The number of fused-ring (bicyclic) bond motifs is 1. The van der Waals surface area contributed by atoms with E-state index in [1.807, 2.05) is 12.1 Å². The number of ether oxygens (including phenoxy) is 3. The van der Waals surface area contributed by atoms with Crippen LogP contribution < -0.4 is 19.5 Å². The number of rotatable bonds is 4. The molecule has 1 aromatic rings. The first-order chi connectivity index (χ1) is 11.5. The van der Waals surface area contributed by atoms with Crippen molar-refractivity contribution in [1.82, 2.24) is 5.32 Å². The van der Waals surface area contributed by atoms with E-state index >= 15 is 0 Å². The van der Waals surface area contributed by atoms with E-state index in [4.69, 9.17) is 14.2 Å². The second-order valence-corrected chi connectivity index (χ2v) is 5.51. The molecule has 3 rings (SSSR count). The predicted octanol–water partition coefficient (Wildman–Crippen LogP) is 0.486. The summed E-state index contributed by atoms with van der Waals surface area (Å²) in [4.78, 5) is 24.3. The number of nitrogens with zero attached hydrogens (tertiary/aromatic N) is 2. The first-order valence-corrected chi connectivity index (χ1v) is 6.96. The van der Waals surface area contributed by atoms with Gasteiger partial charge in [-0.05, 0) is 17.7 Å². The maximum absolute atomic E-state index is 12.2. The van der Waals surface area contributed by atoms with Gasteiger partial charge < -0.3 is 14.2 Å². The molecule has 1 aromatic carbocycles. The van der Waals surface area contributed by atoms with Crippen LogP contribution in [-0.2, 0) is 9.59 Å². The highest BCUT2D eigenvalue weighted by molar-refractivity contribution is 6.19. The molecular formula is C16H13N3O5. The quantitative estimate of drug-likeness (QED) is 0.798. The zero-order chi connectivity index (χ0) is 17.7. The molecule has 1 saturated heterocycles. The average Bonchev–Trinajstić information content (AvgIpc) is 3.17. The fourth-order valence-corrected chi connectivity index (χ4v) is 3.57. The van der Waals surface area contributed by atoms with Crippen LogP contribution in [0.3, 0.4) is 0 Å². The minimum absolute atomic E-state index is 0.311. The minimum Gasteiger partial charge on any atom is -0.493 e. The molecule has 24 heavy (non-hydrogen) atoms. The third-order valence-electron chi connectivity index (χ3n) is 4.72. The molecule has 0 aromatic heterocycles. The summed E-state index contributed by atoms with van der Waals surface area (Å²) >= 11 is 0. The number of carbonyl (C=O) groups is 2. The van der Waals surface area contributed by atoms with Gasteiger partial charge in [0, 0.05) is 5.92 Å². The molecule has 1 aliphatic heterocycles. The van der Waals surface area contributed by atoms with Gasteiger partial charge in [0.2, 0.25) is 17.6 Å². The zero-order valence-electron chi connectivity index (χ0n) is 13.2. The topological polar surface area (TPSA) is 121 Å². The van der Waals surface area contributed by atoms with Crippen LogP contribution >= 0.6 is 0 Å². The molecule has 1 aliphatic carbocycles. The van der Waals surface area contributed by atoms with E-state index < -0.39 is 28.6 Å². The van der Waals surface area contributed by atoms with Crippen LogP contribution in [0, 0.1) is 33.5 Å². The Hall–Kier alpha value is -3.26. The molecular weight excluding hydrogens is 314 g/mol. The van der Waals surface area contributed by atoms with Gasteiger partial charge in [0.25, 0.3) is 0 Å². The summed E-state index contributed by atoms with van der Waals surface area (Å²) in [6.45, 7) is 0. The van der Waals surface area contributed by atoms with E-state index in [1.54, 1.807) is 12.1 Å². The first-order valence-electron chi connectivity index (χ1n) is 6.96. The van der Waals surface area contributed by atoms with Gasteiger partial charge in [-0.1, -0.05) is 0 Å². The van der Waals surface area contributed by atoms with Crippen molar-refractivity contribution in [2.45, 2.75) is 5.92 Å². The Morgan fingerprint density at radius 2 is 1.42 bits per heavy atom. The number of hydrogen-bond donors (Lipinski definition) is 1. The molecule has 2 amide bonds. The Labute approximate surface area is 137 Å². The summed E-state index contributed by atoms with van der Waals surface area (Å²) < 4.78 is 15.7. The molecule has 0 spiro atoms. The Bertz CT molecular complexity index is 789. The molecule has 1 heterocycles. The van der Waals surface area contributed by atoms with Crippen LogP contribution in [-0.4, -0.2) is 33.1 Å². The maximum atomic E-state index is 12.2. The smallest absolute Gasteiger partial charge is 0.250 e. The lowest BCUT2D eigenvalue weighted by Gasteiger charge is -2.15. The average molecular weight is 327 g/mol. The van der Waals surface area contributed by atoms with Gasteiger partial charge in [-0.25, -0.2) is 0 Å². The monoisotopic (exact) mass is 327 g/mol. The van der Waals surface area contributed by atoms with Gasteiger partial charge in [0.1, 0.15) is 0 Å². The van der Waals surface area contributed by atoms with Crippen LogP contribution in [0.5, 0.6) is 17.2 Å². The number of imide groups is 1. The molecule has 2 aliphatic rings. The van der Waals surface area contributed by atoms with E-state index in [1.165, 1.54) is 21.3 Å². The summed E-state index contributed by atoms with van der Waals surface area (Å²) in [5, 5.41) is 21.1. The molecule has 2 atom stereocenters. The normalized spacial score (nSPS) is 29.8. The van der Waals surface area contributed by atoms with E-state index in [0.717, 1.165) is 0 Å². The molecule has 0 bridgehead atoms. The Morgan fingerprint density at radius 3 is 1.75 bits per heavy atom. The zero-order valence-corrected chi connectivity index (χ0v) is 13.2. The van der Waals surface area contributed by atoms with Gasteiger partial charge in [-0.15, -0.1) is 0 Å². The highest BCUT2D eigenvalue weighted by Gasteiger charge is 2.90. The van der Waals surface area contributed by atoms with E-state index in [0.29, 0.717) is 22.8 Å². The number of piperidine rings is 1. The summed E-state index contributed by atoms with van der Waals surface area (Å²) in [7, 11) is 4.29. The molecule has 1 N–H and O–H groups in total. The molecule has 8 nitrogen and oxygen atoms in total. The Balaban J connectivity index is 2.22. The van der Waals surface area contributed by atoms with Crippen molar-refractivity contribution in [2.75, 3.05) is 21.3 Å². The Kier molecular flexibility index (Phi) is 3.17. The van der Waals surface area contributed by atoms with Crippen LogP contribution in [0.1, 0.15) is 11.5 Å². The van der Waals surface area contributed by atoms with Gasteiger partial charge in [0.15, 0.2) is 22.3 Å². The number of methoxy groups -OCH3 is 3. The molecule has 122 valence electrons. The fourth-order valence-electron chi connectivity index (χ4n) is 3.57. The summed E-state index contributed by atoms with van der Waals surface area (Å²) in [5.74, 6) is -1.44. The van der Waals surface area contributed by atoms with Crippen molar-refractivity contribution < 1.29 is 23.8 Å². The first kappa shape index (κ1) is 15.6. The standard InChI is InChI=1S/C16H13N3O5/c1-22-9-4-8(5-10(23-2)11(9)24-3)12-15(6-17)13(20)19-14(21)16(12,15)7-18/h4-5,12H,1-3H3,(H,19,20,21). The maximum Gasteiger partial charge on any atom is 0.250 e.